The molecule has 3 aromatic rings. The Balaban J connectivity index is 1.77. The summed E-state index contributed by atoms with van der Waals surface area (Å²) in [6.45, 7) is 0. The maximum Gasteiger partial charge on any atom is 0.230 e. The van der Waals surface area contributed by atoms with Gasteiger partial charge in [-0.25, -0.2) is 9.97 Å². The van der Waals surface area contributed by atoms with Crippen molar-refractivity contribution in [3.8, 4) is 0 Å². The zero-order valence-corrected chi connectivity index (χ0v) is 13.3. The van der Waals surface area contributed by atoms with Crippen LogP contribution < -0.4 is 5.32 Å². The van der Waals surface area contributed by atoms with Crippen LogP contribution in [0.3, 0.4) is 0 Å². The summed E-state index contributed by atoms with van der Waals surface area (Å²) < 4.78 is 0. The van der Waals surface area contributed by atoms with Gasteiger partial charge in [-0.15, -0.1) is 0 Å². The quantitative estimate of drug-likeness (QED) is 0.744. The molecule has 0 amide bonds. The lowest BCUT2D eigenvalue weighted by molar-refractivity contribution is 0.103. The SMILES string of the molecule is O=C(c1ccccc1)c1nc(NC2CCCC2)c2ncccc2n1. The molecule has 2 aromatic heterocycles. The van der Waals surface area contributed by atoms with Crippen molar-refractivity contribution in [3.05, 3.63) is 60.0 Å². The highest BCUT2D eigenvalue weighted by molar-refractivity contribution is 6.07. The van der Waals surface area contributed by atoms with Crippen LogP contribution in [0.15, 0.2) is 48.7 Å². The fraction of sp³-hybridized carbons (Fsp3) is 0.263. The van der Waals surface area contributed by atoms with E-state index in [1.807, 2.05) is 30.3 Å². The lowest BCUT2D eigenvalue weighted by Crippen LogP contribution is -2.18. The summed E-state index contributed by atoms with van der Waals surface area (Å²) in [6, 6.07) is 13.2. The summed E-state index contributed by atoms with van der Waals surface area (Å²) in [7, 11) is 0. The van der Waals surface area contributed by atoms with Gasteiger partial charge in [-0.05, 0) is 25.0 Å². The minimum absolute atomic E-state index is 0.171. The third-order valence-corrected chi connectivity index (χ3v) is 4.39. The number of nitrogens with one attached hydrogen (secondary N) is 1. The van der Waals surface area contributed by atoms with Gasteiger partial charge in [-0.1, -0.05) is 43.2 Å². The molecular formula is C19H18N4O. The number of pyridine rings is 1. The number of hydrogen-bond acceptors (Lipinski definition) is 5. The molecule has 4 rings (SSSR count). The fourth-order valence-corrected chi connectivity index (χ4v) is 3.15. The second-order valence-corrected chi connectivity index (χ2v) is 6.09. The zero-order chi connectivity index (χ0) is 16.4. The smallest absolute Gasteiger partial charge is 0.230 e. The minimum atomic E-state index is -0.171. The Bertz CT molecular complexity index is 873. The van der Waals surface area contributed by atoms with Gasteiger partial charge in [-0.2, -0.15) is 0 Å². The molecule has 1 N–H and O–H groups in total. The molecule has 24 heavy (non-hydrogen) atoms. The van der Waals surface area contributed by atoms with Crippen molar-refractivity contribution in [2.75, 3.05) is 5.32 Å². The number of anilines is 1. The second kappa shape index (κ2) is 6.35. The number of rotatable bonds is 4. The van der Waals surface area contributed by atoms with Crippen molar-refractivity contribution >= 4 is 22.6 Å². The van der Waals surface area contributed by atoms with Crippen molar-refractivity contribution in [1.82, 2.24) is 15.0 Å². The van der Waals surface area contributed by atoms with E-state index in [0.29, 0.717) is 28.5 Å². The molecule has 1 saturated carbocycles. The number of benzene rings is 1. The first-order valence-corrected chi connectivity index (χ1v) is 8.30. The van der Waals surface area contributed by atoms with E-state index < -0.39 is 0 Å². The van der Waals surface area contributed by atoms with E-state index in [0.717, 1.165) is 12.8 Å². The predicted molar refractivity (Wildman–Crippen MR) is 93.1 cm³/mol. The Morgan fingerprint density at radius 1 is 1.00 bits per heavy atom. The molecule has 120 valence electrons. The molecule has 0 aliphatic heterocycles. The summed E-state index contributed by atoms with van der Waals surface area (Å²) in [5, 5.41) is 3.46. The number of ketones is 1. The van der Waals surface area contributed by atoms with Gasteiger partial charge < -0.3 is 5.32 Å². The van der Waals surface area contributed by atoms with Gasteiger partial charge in [0.2, 0.25) is 11.6 Å². The number of carbonyl (C=O) groups excluding carboxylic acids is 1. The van der Waals surface area contributed by atoms with Gasteiger partial charge in [0.15, 0.2) is 5.82 Å². The lowest BCUT2D eigenvalue weighted by atomic mass is 10.1. The first kappa shape index (κ1) is 14.8. The van der Waals surface area contributed by atoms with Crippen molar-refractivity contribution in [1.29, 1.82) is 0 Å². The van der Waals surface area contributed by atoms with Gasteiger partial charge in [0.25, 0.3) is 0 Å². The molecule has 1 aromatic carbocycles. The Hall–Kier alpha value is -2.82. The van der Waals surface area contributed by atoms with Crippen molar-refractivity contribution in [3.63, 3.8) is 0 Å². The Morgan fingerprint density at radius 2 is 1.79 bits per heavy atom. The molecule has 0 radical (unpaired) electrons. The summed E-state index contributed by atoms with van der Waals surface area (Å²) >= 11 is 0. The third-order valence-electron chi connectivity index (χ3n) is 4.39. The van der Waals surface area contributed by atoms with E-state index in [1.54, 1.807) is 18.3 Å². The molecule has 5 nitrogen and oxygen atoms in total. The van der Waals surface area contributed by atoms with E-state index in [-0.39, 0.29) is 11.6 Å². The Kier molecular flexibility index (Phi) is 3.91. The van der Waals surface area contributed by atoms with Gasteiger partial charge in [0.05, 0.1) is 5.52 Å². The average molecular weight is 318 g/mol. The third kappa shape index (κ3) is 2.85. The van der Waals surface area contributed by atoms with Crippen LogP contribution >= 0.6 is 0 Å². The standard InChI is InChI=1S/C19H18N4O/c24-17(13-7-2-1-3-8-13)19-22-15-11-6-12-20-16(15)18(23-19)21-14-9-4-5-10-14/h1-3,6-8,11-12,14H,4-5,9-10H2,(H,21,22,23). The Morgan fingerprint density at radius 3 is 2.58 bits per heavy atom. The van der Waals surface area contributed by atoms with Crippen molar-refractivity contribution in [2.24, 2.45) is 0 Å². The van der Waals surface area contributed by atoms with Crippen LogP contribution in [0.2, 0.25) is 0 Å². The number of carbonyl (C=O) groups is 1. The summed E-state index contributed by atoms with van der Waals surface area (Å²) in [4.78, 5) is 26.0. The average Bonchev–Trinajstić information content (AvgIpc) is 3.15. The number of fused-ring (bicyclic) bond motifs is 1. The molecule has 2 heterocycles. The van der Waals surface area contributed by atoms with Gasteiger partial charge in [-0.3, -0.25) is 9.78 Å². The summed E-state index contributed by atoms with van der Waals surface area (Å²) in [6.07, 6.45) is 6.43. The van der Waals surface area contributed by atoms with E-state index in [4.69, 9.17) is 0 Å². The number of aromatic nitrogens is 3. The molecular weight excluding hydrogens is 300 g/mol. The van der Waals surface area contributed by atoms with E-state index in [9.17, 15) is 4.79 Å². The minimum Gasteiger partial charge on any atom is -0.365 e. The van der Waals surface area contributed by atoms with Crippen LogP contribution in [0, 0.1) is 0 Å². The highest BCUT2D eigenvalue weighted by Crippen LogP contribution is 2.25. The van der Waals surface area contributed by atoms with Crippen molar-refractivity contribution < 1.29 is 4.79 Å². The first-order chi connectivity index (χ1) is 11.8. The maximum atomic E-state index is 12.7. The molecule has 0 unspecified atom stereocenters. The number of hydrogen-bond donors (Lipinski definition) is 1. The van der Waals surface area contributed by atoms with Gasteiger partial charge in [0, 0.05) is 17.8 Å². The van der Waals surface area contributed by atoms with Gasteiger partial charge >= 0.3 is 0 Å². The lowest BCUT2D eigenvalue weighted by Gasteiger charge is -2.14. The van der Waals surface area contributed by atoms with Crippen LogP contribution in [0.1, 0.15) is 41.9 Å². The number of nitrogens with zero attached hydrogens (tertiary/aromatic N) is 3. The summed E-state index contributed by atoms with van der Waals surface area (Å²) in [5.41, 5.74) is 1.99. The van der Waals surface area contributed by atoms with E-state index in [2.05, 4.69) is 20.3 Å². The van der Waals surface area contributed by atoms with Crippen LogP contribution in [-0.4, -0.2) is 26.8 Å². The molecule has 1 aliphatic rings. The topological polar surface area (TPSA) is 67.8 Å². The molecule has 0 saturated heterocycles. The van der Waals surface area contributed by atoms with Crippen LogP contribution in [0.25, 0.3) is 11.0 Å². The molecule has 0 spiro atoms. The monoisotopic (exact) mass is 318 g/mol. The van der Waals surface area contributed by atoms with Crippen molar-refractivity contribution in [2.45, 2.75) is 31.7 Å². The first-order valence-electron chi connectivity index (χ1n) is 8.30. The van der Waals surface area contributed by atoms with Gasteiger partial charge in [0.1, 0.15) is 5.52 Å². The van der Waals surface area contributed by atoms with E-state index in [1.165, 1.54) is 12.8 Å². The molecule has 0 bridgehead atoms. The molecule has 5 heteroatoms. The van der Waals surface area contributed by atoms with Crippen LogP contribution in [0.4, 0.5) is 5.82 Å². The Labute approximate surface area is 140 Å². The molecule has 0 atom stereocenters. The highest BCUT2D eigenvalue weighted by Gasteiger charge is 2.20. The highest BCUT2D eigenvalue weighted by atomic mass is 16.1. The maximum absolute atomic E-state index is 12.7. The predicted octanol–water partition coefficient (Wildman–Crippen LogP) is 3.61. The zero-order valence-electron chi connectivity index (χ0n) is 13.3. The van der Waals surface area contributed by atoms with E-state index >= 15 is 0 Å². The fourth-order valence-electron chi connectivity index (χ4n) is 3.15. The molecule has 1 fully saturated rings. The van der Waals surface area contributed by atoms with Crippen LogP contribution in [0.5, 0.6) is 0 Å². The molecule has 1 aliphatic carbocycles. The largest absolute Gasteiger partial charge is 0.365 e. The van der Waals surface area contributed by atoms with Crippen LogP contribution in [-0.2, 0) is 0 Å². The normalized spacial score (nSPS) is 14.8. The second-order valence-electron chi connectivity index (χ2n) is 6.09. The summed E-state index contributed by atoms with van der Waals surface area (Å²) in [5.74, 6) is 0.699.